The van der Waals surface area contributed by atoms with Crippen LogP contribution in [0.15, 0.2) is 79.4 Å². The highest BCUT2D eigenvalue weighted by atomic mass is 16.3. The van der Waals surface area contributed by atoms with Crippen LogP contribution < -0.4 is 15.5 Å². The molecule has 2 aromatic carbocycles. The number of benzene rings is 2. The Balaban J connectivity index is 1.13. The number of aryl methyl sites for hydroxylation is 1. The molecule has 2 saturated carbocycles. The topological polar surface area (TPSA) is 146 Å². The van der Waals surface area contributed by atoms with Gasteiger partial charge >= 0.3 is 0 Å². The van der Waals surface area contributed by atoms with Crippen LogP contribution in [0.4, 0.5) is 11.8 Å². The van der Waals surface area contributed by atoms with Gasteiger partial charge in [0.15, 0.2) is 17.0 Å². The van der Waals surface area contributed by atoms with Crippen LogP contribution in [0.25, 0.3) is 11.2 Å². The standard InChI is InChI=1S/C37H43N9O3/c1-2-23-18-40-46(20-23)30-17-29(32(47)33(30)48)45-22-39-31-34(38-19-28(24-9-5-3-6-10-24)25-11-7-4-8-12-25)42-37(43-35(31)45)44-16-15-27(21-44)41-36(49)26-13-14-26/h3-12,18,20,22,26-30,32-33,47-48H,2,13-17,19,21H2,1H3,(H,41,49)(H,38,42,43)/t27-,29+,30-,32-,33+/m0/s1. The average molecular weight is 662 g/mol. The summed E-state index contributed by atoms with van der Waals surface area (Å²) < 4.78 is 3.66. The second kappa shape index (κ2) is 13.2. The summed E-state index contributed by atoms with van der Waals surface area (Å²) in [6, 6.07) is 20.0. The average Bonchev–Trinajstić information content (AvgIpc) is 3.40. The van der Waals surface area contributed by atoms with Crippen LogP contribution in [0.3, 0.4) is 0 Å². The van der Waals surface area contributed by atoms with Crippen LogP contribution in [0, 0.1) is 5.92 Å². The van der Waals surface area contributed by atoms with Gasteiger partial charge in [-0.05, 0) is 48.8 Å². The van der Waals surface area contributed by atoms with Gasteiger partial charge in [0, 0.05) is 43.7 Å². The summed E-state index contributed by atoms with van der Waals surface area (Å²) in [5.41, 5.74) is 4.63. The fraction of sp³-hybridized carbons (Fsp3) is 0.432. The third kappa shape index (κ3) is 6.26. The van der Waals surface area contributed by atoms with E-state index >= 15 is 0 Å². The highest BCUT2D eigenvalue weighted by Gasteiger charge is 2.45. The van der Waals surface area contributed by atoms with Gasteiger partial charge in [-0.3, -0.25) is 9.48 Å². The van der Waals surface area contributed by atoms with Crippen molar-refractivity contribution in [3.63, 3.8) is 0 Å². The van der Waals surface area contributed by atoms with Crippen molar-refractivity contribution in [1.82, 2.24) is 34.6 Å². The van der Waals surface area contributed by atoms with Gasteiger partial charge in [0.1, 0.15) is 12.2 Å². The lowest BCUT2D eigenvalue weighted by molar-refractivity contribution is -0.122. The van der Waals surface area contributed by atoms with Crippen LogP contribution in [0.2, 0.25) is 0 Å². The number of hydrogen-bond donors (Lipinski definition) is 4. The molecule has 8 rings (SSSR count). The van der Waals surface area contributed by atoms with Crippen molar-refractivity contribution in [3.8, 4) is 0 Å². The fourth-order valence-corrected chi connectivity index (χ4v) is 7.40. The molecule has 4 heterocycles. The number of imidazole rings is 1. The van der Waals surface area contributed by atoms with Gasteiger partial charge in [-0.1, -0.05) is 67.6 Å². The number of fused-ring (bicyclic) bond motifs is 1. The Hall–Kier alpha value is -4.81. The molecule has 254 valence electrons. The summed E-state index contributed by atoms with van der Waals surface area (Å²) in [5.74, 6) is 1.50. The maximum Gasteiger partial charge on any atom is 0.229 e. The number of nitrogens with one attached hydrogen (secondary N) is 2. The minimum atomic E-state index is -1.04. The second-order valence-corrected chi connectivity index (χ2v) is 13.7. The molecule has 3 fully saturated rings. The summed E-state index contributed by atoms with van der Waals surface area (Å²) in [4.78, 5) is 29.5. The smallest absolute Gasteiger partial charge is 0.229 e. The van der Waals surface area contributed by atoms with Gasteiger partial charge in [0.05, 0.1) is 24.6 Å². The van der Waals surface area contributed by atoms with Crippen molar-refractivity contribution < 1.29 is 15.0 Å². The minimum absolute atomic E-state index is 0.0314. The summed E-state index contributed by atoms with van der Waals surface area (Å²) in [6.07, 6.45) is 7.46. The van der Waals surface area contributed by atoms with E-state index in [2.05, 4.69) is 76.1 Å². The van der Waals surface area contributed by atoms with E-state index in [1.807, 2.05) is 29.1 Å². The first-order chi connectivity index (χ1) is 24.0. The Morgan fingerprint density at radius 1 is 0.959 bits per heavy atom. The highest BCUT2D eigenvalue weighted by Crippen LogP contribution is 2.40. The third-order valence-corrected chi connectivity index (χ3v) is 10.4. The number of aliphatic hydroxyl groups excluding tert-OH is 2. The van der Waals surface area contributed by atoms with E-state index in [1.165, 1.54) is 11.1 Å². The van der Waals surface area contributed by atoms with Crippen LogP contribution in [0.5, 0.6) is 0 Å². The molecule has 0 radical (unpaired) electrons. The molecule has 3 aromatic heterocycles. The minimum Gasteiger partial charge on any atom is -0.388 e. The molecule has 2 aliphatic carbocycles. The zero-order valence-corrected chi connectivity index (χ0v) is 27.6. The molecule has 1 saturated heterocycles. The summed E-state index contributed by atoms with van der Waals surface area (Å²) in [5, 5.41) is 33.9. The quantitative estimate of drug-likeness (QED) is 0.166. The molecule has 4 N–H and O–H groups in total. The Bertz CT molecular complexity index is 1870. The third-order valence-electron chi connectivity index (χ3n) is 10.4. The molecule has 3 aliphatic rings. The lowest BCUT2D eigenvalue weighted by Crippen LogP contribution is -2.38. The molecule has 12 heteroatoms. The first-order valence-electron chi connectivity index (χ1n) is 17.5. The fourth-order valence-electron chi connectivity index (χ4n) is 7.40. The number of hydrogen-bond acceptors (Lipinski definition) is 9. The van der Waals surface area contributed by atoms with E-state index in [9.17, 15) is 15.0 Å². The number of aromatic nitrogens is 6. The first-order valence-corrected chi connectivity index (χ1v) is 17.5. The SMILES string of the molecule is CCc1cnn([C@H]2C[C@@H](n3cnc4c(NCC(c5ccccc5)c5ccccc5)nc(N5CC[C@H](NC(=O)C6CC6)C5)nc43)[C@H](O)[C@@H]2O)c1. The molecular formula is C37H43N9O3. The number of carbonyl (C=O) groups is 1. The van der Waals surface area contributed by atoms with Crippen molar-refractivity contribution in [3.05, 3.63) is 96.1 Å². The normalized spacial score (nSPS) is 23.8. The maximum absolute atomic E-state index is 12.5. The van der Waals surface area contributed by atoms with Gasteiger partial charge < -0.3 is 30.3 Å². The number of nitrogens with zero attached hydrogens (tertiary/aromatic N) is 7. The Morgan fingerprint density at radius 2 is 1.67 bits per heavy atom. The molecular weight excluding hydrogens is 618 g/mol. The zero-order valence-electron chi connectivity index (χ0n) is 27.6. The van der Waals surface area contributed by atoms with Crippen LogP contribution >= 0.6 is 0 Å². The second-order valence-electron chi connectivity index (χ2n) is 13.7. The Morgan fingerprint density at radius 3 is 2.35 bits per heavy atom. The number of aliphatic hydroxyl groups is 2. The Labute approximate surface area is 285 Å². The highest BCUT2D eigenvalue weighted by molar-refractivity contribution is 5.85. The lowest BCUT2D eigenvalue weighted by Gasteiger charge is -2.22. The summed E-state index contributed by atoms with van der Waals surface area (Å²) in [7, 11) is 0. The molecule has 1 amide bonds. The van der Waals surface area contributed by atoms with Gasteiger partial charge in [-0.25, -0.2) is 4.98 Å². The predicted molar refractivity (Wildman–Crippen MR) is 186 cm³/mol. The van der Waals surface area contributed by atoms with Crippen LogP contribution in [-0.4, -0.2) is 83.3 Å². The van der Waals surface area contributed by atoms with Crippen molar-refractivity contribution in [2.24, 2.45) is 5.92 Å². The molecule has 5 atom stereocenters. The number of anilines is 2. The van der Waals surface area contributed by atoms with E-state index in [4.69, 9.17) is 15.0 Å². The lowest BCUT2D eigenvalue weighted by atomic mass is 9.91. The summed E-state index contributed by atoms with van der Waals surface area (Å²) in [6.45, 7) is 3.95. The van der Waals surface area contributed by atoms with E-state index in [0.717, 1.165) is 31.2 Å². The van der Waals surface area contributed by atoms with E-state index < -0.39 is 18.2 Å². The van der Waals surface area contributed by atoms with Gasteiger partial charge in [-0.2, -0.15) is 15.1 Å². The molecule has 1 aliphatic heterocycles. The van der Waals surface area contributed by atoms with Crippen molar-refractivity contribution in [1.29, 1.82) is 0 Å². The van der Waals surface area contributed by atoms with Gasteiger partial charge in [-0.15, -0.1) is 0 Å². The Kier molecular flexibility index (Phi) is 8.50. The number of carbonyl (C=O) groups excluding carboxylic acids is 1. The van der Waals surface area contributed by atoms with Crippen molar-refractivity contribution >= 4 is 28.8 Å². The molecule has 49 heavy (non-hydrogen) atoms. The summed E-state index contributed by atoms with van der Waals surface area (Å²) >= 11 is 0. The van der Waals surface area contributed by atoms with E-state index in [0.29, 0.717) is 49.0 Å². The predicted octanol–water partition coefficient (Wildman–Crippen LogP) is 3.84. The van der Waals surface area contributed by atoms with Crippen molar-refractivity contribution in [2.45, 2.75) is 75.3 Å². The largest absolute Gasteiger partial charge is 0.388 e. The van der Waals surface area contributed by atoms with E-state index in [1.54, 1.807) is 11.0 Å². The van der Waals surface area contributed by atoms with Gasteiger partial charge in [0.25, 0.3) is 0 Å². The molecule has 0 spiro atoms. The van der Waals surface area contributed by atoms with Crippen molar-refractivity contribution in [2.75, 3.05) is 29.9 Å². The maximum atomic E-state index is 12.5. The molecule has 5 aromatic rings. The van der Waals surface area contributed by atoms with Gasteiger partial charge in [0.2, 0.25) is 11.9 Å². The van der Waals surface area contributed by atoms with E-state index in [-0.39, 0.29) is 29.8 Å². The van der Waals surface area contributed by atoms with Crippen LogP contribution in [-0.2, 0) is 11.2 Å². The molecule has 0 unspecified atom stereocenters. The number of rotatable bonds is 11. The van der Waals surface area contributed by atoms with Crippen LogP contribution in [0.1, 0.15) is 67.3 Å². The molecule has 12 nitrogen and oxygen atoms in total. The zero-order chi connectivity index (χ0) is 33.5. The molecule has 0 bridgehead atoms. The first kappa shape index (κ1) is 31.5. The monoisotopic (exact) mass is 661 g/mol. The number of amides is 1.